The van der Waals surface area contributed by atoms with Crippen molar-refractivity contribution in [2.75, 3.05) is 39.5 Å². The van der Waals surface area contributed by atoms with Crippen molar-refractivity contribution >= 4 is 0 Å². The molecule has 5 nitrogen and oxygen atoms in total. The van der Waals surface area contributed by atoms with Gasteiger partial charge in [0.05, 0.1) is 12.3 Å². The third-order valence-corrected chi connectivity index (χ3v) is 4.14. The van der Waals surface area contributed by atoms with Gasteiger partial charge in [0, 0.05) is 39.0 Å². The quantitative estimate of drug-likeness (QED) is 0.839. The fourth-order valence-corrected chi connectivity index (χ4v) is 3.00. The molecule has 2 aliphatic heterocycles. The molecule has 3 rings (SSSR count). The second-order valence-corrected chi connectivity index (χ2v) is 5.70. The van der Waals surface area contributed by atoms with Gasteiger partial charge in [-0.1, -0.05) is 0 Å². The molecule has 0 bridgehead atoms. The lowest BCUT2D eigenvalue weighted by atomic mass is 9.99. The molecule has 20 heavy (non-hydrogen) atoms. The van der Waals surface area contributed by atoms with Gasteiger partial charge in [-0.2, -0.15) is 0 Å². The standard InChI is InChI=1S/C15H23N3O2/c1-12-16-5-2-14(17-12)15-11-18(6-9-20-15)10-13-3-7-19-8-4-13/h2,5,13,15H,3-4,6-11H2,1H3/t15-/m1/s1. The molecule has 0 radical (unpaired) electrons. The molecule has 2 aliphatic rings. The van der Waals surface area contributed by atoms with Crippen molar-refractivity contribution in [2.45, 2.75) is 25.9 Å². The Morgan fingerprint density at radius 1 is 1.30 bits per heavy atom. The first-order valence-electron chi connectivity index (χ1n) is 7.52. The van der Waals surface area contributed by atoms with Crippen LogP contribution < -0.4 is 0 Å². The van der Waals surface area contributed by atoms with Crippen molar-refractivity contribution in [3.8, 4) is 0 Å². The zero-order chi connectivity index (χ0) is 13.8. The molecule has 3 heterocycles. The molecule has 0 spiro atoms. The lowest BCUT2D eigenvalue weighted by molar-refractivity contribution is -0.0430. The molecule has 1 atom stereocenters. The SMILES string of the molecule is Cc1nccc([C@H]2CN(CC3CCOCC3)CCO2)n1. The molecule has 0 amide bonds. The first-order chi connectivity index (χ1) is 9.81. The van der Waals surface area contributed by atoms with Crippen LogP contribution in [0.15, 0.2) is 12.3 Å². The highest BCUT2D eigenvalue weighted by molar-refractivity contribution is 5.06. The lowest BCUT2D eigenvalue weighted by Gasteiger charge is -2.35. The molecule has 2 fully saturated rings. The van der Waals surface area contributed by atoms with Crippen molar-refractivity contribution in [3.63, 3.8) is 0 Å². The molecule has 1 aromatic heterocycles. The van der Waals surface area contributed by atoms with Crippen LogP contribution in [-0.4, -0.2) is 54.3 Å². The van der Waals surface area contributed by atoms with Gasteiger partial charge in [0.2, 0.25) is 0 Å². The van der Waals surface area contributed by atoms with Crippen molar-refractivity contribution in [1.82, 2.24) is 14.9 Å². The Morgan fingerprint density at radius 3 is 2.95 bits per heavy atom. The summed E-state index contributed by atoms with van der Waals surface area (Å²) in [6, 6.07) is 1.97. The third-order valence-electron chi connectivity index (χ3n) is 4.14. The third kappa shape index (κ3) is 3.53. The van der Waals surface area contributed by atoms with E-state index < -0.39 is 0 Å². The Bertz CT molecular complexity index is 435. The molecule has 110 valence electrons. The average molecular weight is 277 g/mol. The number of morpholine rings is 1. The van der Waals surface area contributed by atoms with Crippen molar-refractivity contribution in [1.29, 1.82) is 0 Å². The summed E-state index contributed by atoms with van der Waals surface area (Å²) in [6.45, 7) is 7.68. The predicted molar refractivity (Wildman–Crippen MR) is 75.4 cm³/mol. The highest BCUT2D eigenvalue weighted by atomic mass is 16.5. The fourth-order valence-electron chi connectivity index (χ4n) is 3.00. The summed E-state index contributed by atoms with van der Waals surface area (Å²) in [5, 5.41) is 0. The average Bonchev–Trinajstić information content (AvgIpc) is 2.49. The van der Waals surface area contributed by atoms with Crippen molar-refractivity contribution in [2.24, 2.45) is 5.92 Å². The fraction of sp³-hybridized carbons (Fsp3) is 0.733. The molecule has 0 aliphatic carbocycles. The molecule has 5 heteroatoms. The number of rotatable bonds is 3. The Balaban J connectivity index is 1.58. The first-order valence-corrected chi connectivity index (χ1v) is 7.52. The zero-order valence-electron chi connectivity index (χ0n) is 12.1. The van der Waals surface area contributed by atoms with Gasteiger partial charge in [0.1, 0.15) is 11.9 Å². The molecule has 0 aromatic carbocycles. The first kappa shape index (κ1) is 13.9. The summed E-state index contributed by atoms with van der Waals surface area (Å²) in [5.74, 6) is 1.59. The van der Waals surface area contributed by atoms with Crippen LogP contribution in [0.5, 0.6) is 0 Å². The van der Waals surface area contributed by atoms with Crippen LogP contribution in [0.3, 0.4) is 0 Å². The van der Waals surface area contributed by atoms with E-state index in [2.05, 4.69) is 14.9 Å². The van der Waals surface area contributed by atoms with E-state index in [-0.39, 0.29) is 6.10 Å². The summed E-state index contributed by atoms with van der Waals surface area (Å²) >= 11 is 0. The van der Waals surface area contributed by atoms with Gasteiger partial charge in [0.15, 0.2) is 0 Å². The molecule has 2 saturated heterocycles. The molecule has 1 aromatic rings. The second kappa shape index (κ2) is 6.61. The van der Waals surface area contributed by atoms with Crippen LogP contribution in [-0.2, 0) is 9.47 Å². The summed E-state index contributed by atoms with van der Waals surface area (Å²) in [6.07, 6.45) is 4.28. The van der Waals surface area contributed by atoms with E-state index >= 15 is 0 Å². The van der Waals surface area contributed by atoms with E-state index in [4.69, 9.17) is 9.47 Å². The summed E-state index contributed by atoms with van der Waals surface area (Å²) < 4.78 is 11.3. The number of hydrogen-bond acceptors (Lipinski definition) is 5. The number of hydrogen-bond donors (Lipinski definition) is 0. The van der Waals surface area contributed by atoms with E-state index in [9.17, 15) is 0 Å². The molecular weight excluding hydrogens is 254 g/mol. The van der Waals surface area contributed by atoms with Gasteiger partial charge in [-0.25, -0.2) is 9.97 Å². The Morgan fingerprint density at radius 2 is 2.15 bits per heavy atom. The largest absolute Gasteiger partial charge is 0.381 e. The Kier molecular flexibility index (Phi) is 4.60. The minimum absolute atomic E-state index is 0.0882. The normalized spacial score (nSPS) is 25.8. The molecule has 0 unspecified atom stereocenters. The van der Waals surface area contributed by atoms with Crippen LogP contribution in [0, 0.1) is 12.8 Å². The van der Waals surface area contributed by atoms with E-state index in [1.807, 2.05) is 19.2 Å². The Hall–Kier alpha value is -1.04. The highest BCUT2D eigenvalue weighted by Gasteiger charge is 2.25. The molecule has 0 saturated carbocycles. The maximum absolute atomic E-state index is 5.88. The van der Waals surface area contributed by atoms with Crippen molar-refractivity contribution in [3.05, 3.63) is 23.8 Å². The van der Waals surface area contributed by atoms with Gasteiger partial charge < -0.3 is 9.47 Å². The zero-order valence-corrected chi connectivity index (χ0v) is 12.1. The summed E-state index contributed by atoms with van der Waals surface area (Å²) in [5.41, 5.74) is 1.01. The van der Waals surface area contributed by atoms with Gasteiger partial charge in [-0.3, -0.25) is 4.90 Å². The number of aromatic nitrogens is 2. The maximum Gasteiger partial charge on any atom is 0.125 e. The van der Waals surface area contributed by atoms with E-state index in [0.717, 1.165) is 56.9 Å². The predicted octanol–water partition coefficient (Wildman–Crippen LogP) is 1.58. The van der Waals surface area contributed by atoms with Gasteiger partial charge in [0.25, 0.3) is 0 Å². The molecular formula is C15H23N3O2. The van der Waals surface area contributed by atoms with Gasteiger partial charge in [-0.05, 0) is 31.7 Å². The monoisotopic (exact) mass is 277 g/mol. The summed E-state index contributed by atoms with van der Waals surface area (Å²) in [7, 11) is 0. The molecule has 0 N–H and O–H groups in total. The van der Waals surface area contributed by atoms with Crippen LogP contribution in [0.2, 0.25) is 0 Å². The van der Waals surface area contributed by atoms with Gasteiger partial charge >= 0.3 is 0 Å². The van der Waals surface area contributed by atoms with Crippen LogP contribution in [0.4, 0.5) is 0 Å². The van der Waals surface area contributed by atoms with Crippen LogP contribution in [0.1, 0.15) is 30.5 Å². The van der Waals surface area contributed by atoms with Gasteiger partial charge in [-0.15, -0.1) is 0 Å². The Labute approximate surface area is 120 Å². The minimum Gasteiger partial charge on any atom is -0.381 e. The maximum atomic E-state index is 5.88. The lowest BCUT2D eigenvalue weighted by Crippen LogP contribution is -2.42. The van der Waals surface area contributed by atoms with E-state index in [1.165, 1.54) is 12.8 Å². The minimum atomic E-state index is 0.0882. The number of nitrogens with zero attached hydrogens (tertiary/aromatic N) is 3. The summed E-state index contributed by atoms with van der Waals surface area (Å²) in [4.78, 5) is 11.2. The number of ether oxygens (including phenoxy) is 2. The smallest absolute Gasteiger partial charge is 0.125 e. The second-order valence-electron chi connectivity index (χ2n) is 5.70. The van der Waals surface area contributed by atoms with E-state index in [1.54, 1.807) is 0 Å². The van der Waals surface area contributed by atoms with Crippen LogP contribution >= 0.6 is 0 Å². The van der Waals surface area contributed by atoms with Crippen molar-refractivity contribution < 1.29 is 9.47 Å². The topological polar surface area (TPSA) is 47.5 Å². The highest BCUT2D eigenvalue weighted by Crippen LogP contribution is 2.23. The van der Waals surface area contributed by atoms with Crippen LogP contribution in [0.25, 0.3) is 0 Å². The number of aryl methyl sites for hydroxylation is 1. The van der Waals surface area contributed by atoms with E-state index in [0.29, 0.717) is 0 Å².